The molecule has 0 radical (unpaired) electrons. The van der Waals surface area contributed by atoms with Crippen LogP contribution in [0, 0.1) is 0 Å². The summed E-state index contributed by atoms with van der Waals surface area (Å²) >= 11 is 0. The third-order valence-corrected chi connectivity index (χ3v) is 2.50. The largest absolute Gasteiger partial charge is 0.772 e. The average molecular weight is 210 g/mol. The molecule has 1 rings (SSSR count). The second-order valence-corrected chi connectivity index (χ2v) is 3.86. The highest BCUT2D eigenvalue weighted by atomic mass is 28.3. The third kappa shape index (κ3) is 4.18. The van der Waals surface area contributed by atoms with E-state index in [-0.39, 0.29) is 0 Å². The fourth-order valence-electron chi connectivity index (χ4n) is 0.914. The van der Waals surface area contributed by atoms with Crippen molar-refractivity contribution in [2.45, 2.75) is 19.8 Å². The Morgan fingerprint density at radius 2 is 2.00 bits per heavy atom. The minimum atomic E-state index is -2.36. The Kier molecular flexibility index (Phi) is 4.92. The SMILES string of the molecule is CCCCO[Si](=O)Oc1ccccc1. The van der Waals surface area contributed by atoms with E-state index in [4.69, 9.17) is 8.85 Å². The summed E-state index contributed by atoms with van der Waals surface area (Å²) in [5.41, 5.74) is 0. The predicted octanol–water partition coefficient (Wildman–Crippen LogP) is 2.30. The summed E-state index contributed by atoms with van der Waals surface area (Å²) in [6.07, 6.45) is 1.94. The normalized spacial score (nSPS) is 9.50. The number of para-hydroxylation sites is 1. The first kappa shape index (κ1) is 10.9. The summed E-state index contributed by atoms with van der Waals surface area (Å²) in [4.78, 5) is 0. The van der Waals surface area contributed by atoms with Crippen LogP contribution < -0.4 is 4.43 Å². The topological polar surface area (TPSA) is 35.5 Å². The number of hydrogen-bond acceptors (Lipinski definition) is 3. The molecule has 0 bridgehead atoms. The highest BCUT2D eigenvalue weighted by molar-refractivity contribution is 6.27. The van der Waals surface area contributed by atoms with E-state index in [2.05, 4.69) is 6.92 Å². The minimum absolute atomic E-state index is 0.501. The predicted molar refractivity (Wildman–Crippen MR) is 54.4 cm³/mol. The van der Waals surface area contributed by atoms with Gasteiger partial charge in [-0.05, 0) is 18.6 Å². The van der Waals surface area contributed by atoms with Gasteiger partial charge in [0.15, 0.2) is 0 Å². The maximum Gasteiger partial charge on any atom is 0.772 e. The van der Waals surface area contributed by atoms with Crippen LogP contribution >= 0.6 is 0 Å². The molecule has 1 aromatic rings. The summed E-state index contributed by atoms with van der Waals surface area (Å²) in [6, 6.07) is 9.05. The van der Waals surface area contributed by atoms with Gasteiger partial charge in [0.25, 0.3) is 0 Å². The molecule has 0 aromatic heterocycles. The van der Waals surface area contributed by atoms with Gasteiger partial charge in [0.1, 0.15) is 5.75 Å². The highest BCUT2D eigenvalue weighted by Crippen LogP contribution is 2.08. The molecule has 1 aromatic carbocycles. The summed E-state index contributed by atoms with van der Waals surface area (Å²) in [6.45, 7) is 2.56. The van der Waals surface area contributed by atoms with E-state index < -0.39 is 9.17 Å². The first-order valence-corrected chi connectivity index (χ1v) is 5.95. The van der Waals surface area contributed by atoms with E-state index in [1.54, 1.807) is 12.1 Å². The van der Waals surface area contributed by atoms with Crippen LogP contribution in [0.15, 0.2) is 30.3 Å². The Labute approximate surface area is 85.6 Å². The van der Waals surface area contributed by atoms with Crippen molar-refractivity contribution in [1.82, 2.24) is 0 Å². The van der Waals surface area contributed by atoms with E-state index in [0.717, 1.165) is 12.8 Å². The molecular formula is C10H14O3Si. The second kappa shape index (κ2) is 6.31. The summed E-state index contributed by atoms with van der Waals surface area (Å²) in [7, 11) is -2.36. The average Bonchev–Trinajstić information content (AvgIpc) is 2.20. The van der Waals surface area contributed by atoms with Crippen LogP contribution in [0.3, 0.4) is 0 Å². The Hall–Kier alpha value is -1.16. The van der Waals surface area contributed by atoms with Crippen LogP contribution in [-0.2, 0) is 8.89 Å². The molecule has 0 saturated heterocycles. The molecule has 14 heavy (non-hydrogen) atoms. The van der Waals surface area contributed by atoms with Crippen molar-refractivity contribution in [2.75, 3.05) is 6.61 Å². The lowest BCUT2D eigenvalue weighted by Gasteiger charge is -2.03. The number of hydrogen-bond donors (Lipinski definition) is 0. The zero-order chi connectivity index (χ0) is 10.2. The lowest BCUT2D eigenvalue weighted by molar-refractivity contribution is 0.227. The van der Waals surface area contributed by atoms with E-state index in [1.807, 2.05) is 18.2 Å². The molecule has 76 valence electrons. The highest BCUT2D eigenvalue weighted by Gasteiger charge is 2.11. The zero-order valence-corrected chi connectivity index (χ0v) is 9.23. The molecule has 0 aliphatic carbocycles. The van der Waals surface area contributed by atoms with E-state index in [1.165, 1.54) is 0 Å². The summed E-state index contributed by atoms with van der Waals surface area (Å²) in [5.74, 6) is 0.591. The van der Waals surface area contributed by atoms with E-state index >= 15 is 0 Å². The van der Waals surface area contributed by atoms with Crippen molar-refractivity contribution in [3.63, 3.8) is 0 Å². The molecule has 0 saturated carbocycles. The lowest BCUT2D eigenvalue weighted by atomic mass is 10.3. The molecule has 0 unspecified atom stereocenters. The maximum absolute atomic E-state index is 11.2. The Morgan fingerprint density at radius 3 is 2.64 bits per heavy atom. The molecule has 3 nitrogen and oxygen atoms in total. The molecule has 4 heteroatoms. The van der Waals surface area contributed by atoms with Gasteiger partial charge in [0, 0.05) is 0 Å². The summed E-state index contributed by atoms with van der Waals surface area (Å²) in [5, 5.41) is 0. The molecule has 0 amide bonds. The minimum Gasteiger partial charge on any atom is -0.496 e. The van der Waals surface area contributed by atoms with Gasteiger partial charge in [-0.15, -0.1) is 0 Å². The van der Waals surface area contributed by atoms with Crippen LogP contribution in [0.2, 0.25) is 0 Å². The fraction of sp³-hybridized carbons (Fsp3) is 0.400. The summed E-state index contributed by atoms with van der Waals surface area (Å²) < 4.78 is 21.3. The van der Waals surface area contributed by atoms with Gasteiger partial charge in [-0.3, -0.25) is 4.46 Å². The van der Waals surface area contributed by atoms with Crippen LogP contribution in [0.5, 0.6) is 5.75 Å². The molecule has 0 N–H and O–H groups in total. The van der Waals surface area contributed by atoms with Gasteiger partial charge in [-0.1, -0.05) is 31.5 Å². The quantitative estimate of drug-likeness (QED) is 0.534. The van der Waals surface area contributed by atoms with Crippen LogP contribution in [0.25, 0.3) is 0 Å². The molecule has 0 aliphatic heterocycles. The molecule has 0 aliphatic rings. The number of unbranched alkanes of at least 4 members (excludes halogenated alkanes) is 1. The lowest BCUT2D eigenvalue weighted by Crippen LogP contribution is -2.16. The molecule has 0 heterocycles. The fourth-order valence-corrected chi connectivity index (χ4v) is 1.61. The Balaban J connectivity index is 2.27. The van der Waals surface area contributed by atoms with Crippen molar-refractivity contribution in [3.8, 4) is 5.75 Å². The van der Waals surface area contributed by atoms with Gasteiger partial charge in [-0.25, -0.2) is 0 Å². The van der Waals surface area contributed by atoms with E-state index in [9.17, 15) is 4.46 Å². The molecular weight excluding hydrogens is 196 g/mol. The standard InChI is InChI=1S/C10H14O3Si/c1-2-3-9-12-14(11)13-10-7-5-4-6-8-10/h4-8H,2-3,9H2,1H3. The zero-order valence-electron chi connectivity index (χ0n) is 8.23. The van der Waals surface area contributed by atoms with Crippen LogP contribution in [-0.4, -0.2) is 15.8 Å². The second-order valence-electron chi connectivity index (χ2n) is 2.87. The molecule has 0 spiro atoms. The number of rotatable bonds is 6. The third-order valence-electron chi connectivity index (χ3n) is 1.66. The van der Waals surface area contributed by atoms with Crippen LogP contribution in [0.1, 0.15) is 19.8 Å². The first-order chi connectivity index (χ1) is 6.83. The van der Waals surface area contributed by atoms with Crippen molar-refractivity contribution in [1.29, 1.82) is 0 Å². The molecule has 0 atom stereocenters. The van der Waals surface area contributed by atoms with Gasteiger partial charge in [-0.2, -0.15) is 0 Å². The Morgan fingerprint density at radius 1 is 1.29 bits per heavy atom. The van der Waals surface area contributed by atoms with Crippen molar-refractivity contribution in [3.05, 3.63) is 30.3 Å². The number of benzene rings is 1. The molecule has 0 fully saturated rings. The smallest absolute Gasteiger partial charge is 0.496 e. The van der Waals surface area contributed by atoms with Crippen molar-refractivity contribution >= 4 is 9.17 Å². The monoisotopic (exact) mass is 210 g/mol. The van der Waals surface area contributed by atoms with Crippen LogP contribution in [0.4, 0.5) is 0 Å². The van der Waals surface area contributed by atoms with Gasteiger partial charge in [0.05, 0.1) is 6.61 Å². The Bertz CT molecular complexity index is 274. The van der Waals surface area contributed by atoms with Gasteiger partial charge in [0.2, 0.25) is 0 Å². The first-order valence-electron chi connectivity index (χ1n) is 4.72. The van der Waals surface area contributed by atoms with Gasteiger partial charge >= 0.3 is 9.17 Å². The van der Waals surface area contributed by atoms with Crippen molar-refractivity contribution < 1.29 is 13.3 Å². The maximum atomic E-state index is 11.2. The van der Waals surface area contributed by atoms with Gasteiger partial charge < -0.3 is 8.85 Å². The van der Waals surface area contributed by atoms with E-state index in [0.29, 0.717) is 12.4 Å². The van der Waals surface area contributed by atoms with Crippen molar-refractivity contribution in [2.24, 2.45) is 0 Å².